The van der Waals surface area contributed by atoms with E-state index in [1.165, 1.54) is 12.3 Å². The van der Waals surface area contributed by atoms with Crippen molar-refractivity contribution in [1.29, 1.82) is 5.41 Å². The normalized spacial score (nSPS) is 11.7. The van der Waals surface area contributed by atoms with Gasteiger partial charge in [-0.05, 0) is 27.6 Å². The van der Waals surface area contributed by atoms with Crippen molar-refractivity contribution in [1.82, 2.24) is 10.3 Å². The number of pyridine rings is 1. The van der Waals surface area contributed by atoms with Gasteiger partial charge in [-0.25, -0.2) is 13.2 Å². The Morgan fingerprint density at radius 1 is 1.56 bits per heavy atom. The minimum Gasteiger partial charge on any atom is -0.385 e. The van der Waals surface area contributed by atoms with Gasteiger partial charge in [0.25, 0.3) is 6.43 Å². The molecule has 0 amide bonds. The van der Waals surface area contributed by atoms with Gasteiger partial charge in [0, 0.05) is 23.3 Å². The van der Waals surface area contributed by atoms with Crippen LogP contribution in [-0.2, 0) is 6.42 Å². The summed E-state index contributed by atoms with van der Waals surface area (Å²) in [5, 5.41) is 9.58. The van der Waals surface area contributed by atoms with Gasteiger partial charge in [0.1, 0.15) is 5.82 Å². The van der Waals surface area contributed by atoms with Crippen molar-refractivity contribution in [2.24, 2.45) is 0 Å². The summed E-state index contributed by atoms with van der Waals surface area (Å²) in [6, 6.07) is 1.26. The van der Waals surface area contributed by atoms with Crippen LogP contribution in [0.2, 0.25) is 0 Å². The van der Waals surface area contributed by atoms with Crippen molar-refractivity contribution >= 4 is 22.1 Å². The van der Waals surface area contributed by atoms with Crippen LogP contribution in [0.4, 0.5) is 13.2 Å². The second-order valence-electron chi connectivity index (χ2n) is 3.42. The highest BCUT2D eigenvalue weighted by molar-refractivity contribution is 9.10. The van der Waals surface area contributed by atoms with Gasteiger partial charge in [-0.1, -0.05) is 0 Å². The van der Waals surface area contributed by atoms with E-state index in [0.29, 0.717) is 15.7 Å². The maximum absolute atomic E-state index is 12.8. The summed E-state index contributed by atoms with van der Waals surface area (Å²) < 4.78 is 37.1. The van der Waals surface area contributed by atoms with Crippen LogP contribution in [0.1, 0.15) is 5.69 Å². The molecule has 3 nitrogen and oxygen atoms in total. The van der Waals surface area contributed by atoms with E-state index in [9.17, 15) is 13.2 Å². The predicted molar refractivity (Wildman–Crippen MR) is 66.5 cm³/mol. The van der Waals surface area contributed by atoms with Gasteiger partial charge in [-0.2, -0.15) is 0 Å². The van der Waals surface area contributed by atoms with Gasteiger partial charge in [-0.3, -0.25) is 4.98 Å². The fourth-order valence-corrected chi connectivity index (χ4v) is 1.65. The zero-order valence-electron chi connectivity index (χ0n) is 9.26. The summed E-state index contributed by atoms with van der Waals surface area (Å²) >= 11 is 3.15. The Hall–Kier alpha value is -1.37. The molecule has 7 heteroatoms. The molecule has 18 heavy (non-hydrogen) atoms. The van der Waals surface area contributed by atoms with Crippen LogP contribution in [0, 0.1) is 11.2 Å². The Morgan fingerprint density at radius 2 is 2.28 bits per heavy atom. The Morgan fingerprint density at radius 3 is 2.83 bits per heavy atom. The standard InChI is InChI=1S/C11H11BrF3N3/c12-9-2-8(13)5-18-10(9)1-7(3-16)4-17-6-11(14)15/h2-5,11,16-17H,1,6H2/b7-4-,16-3?. The van der Waals surface area contributed by atoms with Crippen molar-refractivity contribution in [3.8, 4) is 0 Å². The third-order valence-corrected chi connectivity index (χ3v) is 2.69. The molecular formula is C11H11BrF3N3. The first kappa shape index (κ1) is 14.7. The van der Waals surface area contributed by atoms with E-state index in [-0.39, 0.29) is 6.42 Å². The molecule has 0 atom stereocenters. The maximum atomic E-state index is 12.8. The van der Waals surface area contributed by atoms with Crippen LogP contribution in [-0.4, -0.2) is 24.2 Å². The fourth-order valence-electron chi connectivity index (χ4n) is 1.19. The number of rotatable bonds is 6. The van der Waals surface area contributed by atoms with E-state index < -0.39 is 18.8 Å². The highest BCUT2D eigenvalue weighted by Gasteiger charge is 2.06. The second-order valence-corrected chi connectivity index (χ2v) is 4.28. The van der Waals surface area contributed by atoms with E-state index in [2.05, 4.69) is 26.2 Å². The third kappa shape index (κ3) is 4.87. The molecule has 0 radical (unpaired) electrons. The molecule has 1 rings (SSSR count). The molecule has 0 fully saturated rings. The molecule has 0 aliphatic carbocycles. The fraction of sp³-hybridized carbons (Fsp3) is 0.273. The van der Waals surface area contributed by atoms with Crippen LogP contribution >= 0.6 is 15.9 Å². The first-order valence-electron chi connectivity index (χ1n) is 5.04. The van der Waals surface area contributed by atoms with Crippen molar-refractivity contribution in [2.75, 3.05) is 6.54 Å². The predicted octanol–water partition coefficient (Wildman–Crippen LogP) is 2.91. The molecule has 1 heterocycles. The second kappa shape index (κ2) is 7.15. The van der Waals surface area contributed by atoms with Gasteiger partial charge >= 0.3 is 0 Å². The summed E-state index contributed by atoms with van der Waals surface area (Å²) in [5.74, 6) is -0.471. The highest BCUT2D eigenvalue weighted by Crippen LogP contribution is 2.17. The van der Waals surface area contributed by atoms with Crippen molar-refractivity contribution < 1.29 is 13.2 Å². The lowest BCUT2D eigenvalue weighted by Crippen LogP contribution is -2.16. The molecule has 0 bridgehead atoms. The van der Waals surface area contributed by atoms with Crippen LogP contribution in [0.25, 0.3) is 0 Å². The first-order chi connectivity index (χ1) is 8.52. The molecule has 1 aromatic rings. The van der Waals surface area contributed by atoms with E-state index >= 15 is 0 Å². The Kier molecular flexibility index (Phi) is 5.84. The monoisotopic (exact) mass is 321 g/mol. The van der Waals surface area contributed by atoms with Gasteiger partial charge in [0.15, 0.2) is 0 Å². The summed E-state index contributed by atoms with van der Waals surface area (Å²) in [6.07, 6.45) is 1.23. The molecule has 0 spiro atoms. The van der Waals surface area contributed by atoms with Crippen LogP contribution in [0.3, 0.4) is 0 Å². The van der Waals surface area contributed by atoms with Gasteiger partial charge < -0.3 is 10.7 Å². The minimum absolute atomic E-state index is 0.251. The number of nitrogens with one attached hydrogen (secondary N) is 2. The van der Waals surface area contributed by atoms with Gasteiger partial charge in [-0.15, -0.1) is 0 Å². The Bertz CT molecular complexity index is 449. The number of nitrogens with zero attached hydrogens (tertiary/aromatic N) is 1. The minimum atomic E-state index is -2.45. The van der Waals surface area contributed by atoms with Crippen LogP contribution < -0.4 is 5.32 Å². The quantitative estimate of drug-likeness (QED) is 0.791. The van der Waals surface area contributed by atoms with Crippen molar-refractivity contribution in [2.45, 2.75) is 12.8 Å². The maximum Gasteiger partial charge on any atom is 0.255 e. The molecule has 0 saturated heterocycles. The molecule has 2 N–H and O–H groups in total. The average Bonchev–Trinajstić information content (AvgIpc) is 2.30. The number of allylic oxidation sites excluding steroid dienone is 1. The number of hydrogen-bond donors (Lipinski definition) is 2. The summed E-state index contributed by atoms with van der Waals surface area (Å²) in [7, 11) is 0. The lowest BCUT2D eigenvalue weighted by Gasteiger charge is -2.05. The molecule has 1 aromatic heterocycles. The summed E-state index contributed by atoms with van der Waals surface area (Å²) in [5.41, 5.74) is 1.00. The van der Waals surface area contributed by atoms with Gasteiger partial charge in [0.2, 0.25) is 0 Å². The zero-order valence-corrected chi connectivity index (χ0v) is 10.8. The molecular weight excluding hydrogens is 311 g/mol. The molecule has 0 aromatic carbocycles. The number of halogens is 4. The summed E-state index contributed by atoms with van der Waals surface area (Å²) in [4.78, 5) is 3.87. The van der Waals surface area contributed by atoms with E-state index in [0.717, 1.165) is 12.4 Å². The lowest BCUT2D eigenvalue weighted by atomic mass is 10.1. The summed E-state index contributed by atoms with van der Waals surface area (Å²) in [6.45, 7) is -0.477. The average molecular weight is 322 g/mol. The van der Waals surface area contributed by atoms with Crippen molar-refractivity contribution in [3.63, 3.8) is 0 Å². The van der Waals surface area contributed by atoms with Crippen molar-refractivity contribution in [3.05, 3.63) is 40.0 Å². The SMILES string of the molecule is N=C/C(=C\NCC(F)F)Cc1ncc(F)cc1Br. The lowest BCUT2D eigenvalue weighted by molar-refractivity contribution is 0.150. The van der Waals surface area contributed by atoms with Crippen LogP contribution in [0.5, 0.6) is 0 Å². The topological polar surface area (TPSA) is 48.8 Å². The first-order valence-corrected chi connectivity index (χ1v) is 5.83. The Labute approximate surface area is 111 Å². The smallest absolute Gasteiger partial charge is 0.255 e. The van der Waals surface area contributed by atoms with E-state index in [1.54, 1.807) is 0 Å². The molecule has 0 unspecified atom stereocenters. The number of hydrogen-bond acceptors (Lipinski definition) is 3. The molecule has 0 aliphatic heterocycles. The molecule has 98 valence electrons. The highest BCUT2D eigenvalue weighted by atomic mass is 79.9. The zero-order chi connectivity index (χ0) is 13.5. The van der Waals surface area contributed by atoms with E-state index in [1.807, 2.05) is 0 Å². The largest absolute Gasteiger partial charge is 0.385 e. The van der Waals surface area contributed by atoms with Crippen LogP contribution in [0.15, 0.2) is 28.5 Å². The number of alkyl halides is 2. The third-order valence-electron chi connectivity index (χ3n) is 2.00. The molecule has 0 aliphatic rings. The van der Waals surface area contributed by atoms with E-state index in [4.69, 9.17) is 5.41 Å². The Balaban J connectivity index is 2.70. The van der Waals surface area contributed by atoms with Gasteiger partial charge in [0.05, 0.1) is 18.4 Å². The number of aromatic nitrogens is 1. The molecule has 0 saturated carbocycles.